The van der Waals surface area contributed by atoms with Crippen LogP contribution in [0.2, 0.25) is 0 Å². The van der Waals surface area contributed by atoms with Crippen LogP contribution in [0.15, 0.2) is 206 Å². The topological polar surface area (TPSA) is 130 Å². The van der Waals surface area contributed by atoms with Crippen LogP contribution in [-0.4, -0.2) is 11.8 Å². The molecule has 0 aromatic heterocycles. The quantitative estimate of drug-likeness (QED) is 0.0335. The number of para-hydroxylation sites is 2. The molecular formula is C56H54N8O2. The van der Waals surface area contributed by atoms with E-state index in [1.54, 1.807) is 0 Å². The monoisotopic (exact) mass is 870 g/mol. The van der Waals surface area contributed by atoms with Gasteiger partial charge in [0.25, 0.3) is 0 Å². The first-order valence-electron chi connectivity index (χ1n) is 22.4. The number of hydrogen-bond donors (Lipinski definition) is 8. The van der Waals surface area contributed by atoms with Crippen LogP contribution in [0.5, 0.6) is 0 Å². The zero-order valence-electron chi connectivity index (χ0n) is 36.7. The second kappa shape index (κ2) is 22.7. The molecule has 0 unspecified atom stereocenters. The van der Waals surface area contributed by atoms with Crippen molar-refractivity contribution in [3.8, 4) is 0 Å². The molecule has 0 aliphatic carbocycles. The third-order valence-electron chi connectivity index (χ3n) is 10.7. The highest BCUT2D eigenvalue weighted by Gasteiger charge is 2.07. The Morgan fingerprint density at radius 1 is 0.227 bits per heavy atom. The maximum absolute atomic E-state index is 12.6. The highest BCUT2D eigenvalue weighted by molar-refractivity contribution is 5.91. The standard InChI is InChI=1S/C56H54N8O2/c65-55(63-53-37-33-51(34-38-53)61-49-29-25-47(26-30-49)59-45-21-17-43(18-22-45)57-41-11-5-3-6-12-41)15-9-1-2-10-16-56(66)64-54-39-35-52(36-40-54)62-50-31-27-48(28-32-50)60-46-23-19-44(20-24-46)58-42-13-7-4-8-14-42/h3-8,11-14,17-40,57-62H,1-2,9-10,15-16H2,(H,63,65)(H,64,66). The predicted molar refractivity (Wildman–Crippen MR) is 276 cm³/mol. The first kappa shape index (κ1) is 44.1. The Balaban J connectivity index is 0.667. The molecule has 0 fully saturated rings. The van der Waals surface area contributed by atoms with Gasteiger partial charge >= 0.3 is 0 Å². The van der Waals surface area contributed by atoms with E-state index < -0.39 is 0 Å². The van der Waals surface area contributed by atoms with Crippen molar-refractivity contribution in [3.05, 3.63) is 206 Å². The number of amides is 2. The molecule has 8 rings (SSSR count). The van der Waals surface area contributed by atoms with E-state index >= 15 is 0 Å². The van der Waals surface area contributed by atoms with Crippen molar-refractivity contribution in [2.75, 3.05) is 42.5 Å². The smallest absolute Gasteiger partial charge is 0.224 e. The Labute approximate surface area is 386 Å². The summed E-state index contributed by atoms with van der Waals surface area (Å²) in [4.78, 5) is 25.3. The maximum atomic E-state index is 12.6. The second-order valence-corrected chi connectivity index (χ2v) is 16.0. The SMILES string of the molecule is O=C(CCCCCCC(=O)Nc1ccc(Nc2ccc(Nc3ccc(Nc4ccccc4)cc3)cc2)cc1)Nc1ccc(Nc2ccc(Nc3ccc(Nc4ccccc4)cc3)cc2)cc1. The Kier molecular flexibility index (Phi) is 15.2. The molecule has 0 saturated heterocycles. The summed E-state index contributed by atoms with van der Waals surface area (Å²) in [6.07, 6.45) is 4.17. The van der Waals surface area contributed by atoms with Crippen LogP contribution in [0.3, 0.4) is 0 Å². The minimum atomic E-state index is -0.0136. The number of unbranched alkanes of at least 4 members (excludes halogenated alkanes) is 3. The lowest BCUT2D eigenvalue weighted by Gasteiger charge is -2.11. The highest BCUT2D eigenvalue weighted by Crippen LogP contribution is 2.27. The van der Waals surface area contributed by atoms with E-state index in [0.717, 1.165) is 105 Å². The number of carbonyl (C=O) groups excluding carboxylic acids is 2. The average Bonchev–Trinajstić information content (AvgIpc) is 3.34. The fraction of sp³-hybridized carbons (Fsp3) is 0.107. The number of hydrogen-bond acceptors (Lipinski definition) is 8. The molecule has 330 valence electrons. The summed E-state index contributed by atoms with van der Waals surface area (Å²) in [7, 11) is 0. The van der Waals surface area contributed by atoms with Crippen LogP contribution in [-0.2, 0) is 9.59 Å². The number of benzene rings is 8. The maximum Gasteiger partial charge on any atom is 0.224 e. The summed E-state index contributed by atoms with van der Waals surface area (Å²) in [6, 6.07) is 68.3. The molecular weight excluding hydrogens is 817 g/mol. The van der Waals surface area contributed by atoms with Gasteiger partial charge in [-0.3, -0.25) is 9.59 Å². The average molecular weight is 871 g/mol. The van der Waals surface area contributed by atoms with Gasteiger partial charge in [-0.25, -0.2) is 0 Å². The lowest BCUT2D eigenvalue weighted by Crippen LogP contribution is -2.11. The van der Waals surface area contributed by atoms with Crippen LogP contribution in [0.1, 0.15) is 38.5 Å². The summed E-state index contributed by atoms with van der Waals surface area (Å²) in [5, 5.41) is 26.5. The molecule has 0 aliphatic heterocycles. The predicted octanol–water partition coefficient (Wildman–Crippen LogP) is 15.1. The van der Waals surface area contributed by atoms with Gasteiger partial charge in [0.2, 0.25) is 11.8 Å². The van der Waals surface area contributed by atoms with Gasteiger partial charge in [-0.05, 0) is 183 Å². The van der Waals surface area contributed by atoms with Crippen LogP contribution in [0.4, 0.5) is 79.6 Å². The molecule has 8 N–H and O–H groups in total. The van der Waals surface area contributed by atoms with E-state index in [4.69, 9.17) is 0 Å². The first-order valence-corrected chi connectivity index (χ1v) is 22.4. The Morgan fingerprint density at radius 2 is 0.409 bits per heavy atom. The van der Waals surface area contributed by atoms with E-state index in [1.165, 1.54) is 0 Å². The highest BCUT2D eigenvalue weighted by atomic mass is 16.2. The fourth-order valence-electron chi connectivity index (χ4n) is 7.24. The van der Waals surface area contributed by atoms with Gasteiger partial charge in [0, 0.05) is 92.5 Å². The van der Waals surface area contributed by atoms with Crippen LogP contribution in [0, 0.1) is 0 Å². The molecule has 8 aromatic rings. The summed E-state index contributed by atoms with van der Waals surface area (Å²) >= 11 is 0. The minimum Gasteiger partial charge on any atom is -0.356 e. The molecule has 0 radical (unpaired) electrons. The van der Waals surface area contributed by atoms with E-state index in [0.29, 0.717) is 12.8 Å². The summed E-state index contributed by atoms with van der Waals surface area (Å²) in [6.45, 7) is 0. The minimum absolute atomic E-state index is 0.0136. The number of nitrogens with one attached hydrogen (secondary N) is 8. The summed E-state index contributed by atoms with van der Waals surface area (Å²) in [5.41, 5.74) is 13.4. The van der Waals surface area contributed by atoms with Crippen LogP contribution < -0.4 is 42.5 Å². The second-order valence-electron chi connectivity index (χ2n) is 16.0. The normalized spacial score (nSPS) is 10.6. The van der Waals surface area contributed by atoms with Crippen molar-refractivity contribution in [2.24, 2.45) is 0 Å². The first-order chi connectivity index (χ1) is 32.4. The van der Waals surface area contributed by atoms with Crippen molar-refractivity contribution in [2.45, 2.75) is 38.5 Å². The Hall–Kier alpha value is -8.50. The molecule has 0 spiro atoms. The van der Waals surface area contributed by atoms with E-state index in [9.17, 15) is 9.59 Å². The van der Waals surface area contributed by atoms with E-state index in [1.807, 2.05) is 158 Å². The zero-order valence-corrected chi connectivity index (χ0v) is 36.7. The van der Waals surface area contributed by atoms with Gasteiger partial charge in [-0.15, -0.1) is 0 Å². The summed E-state index contributed by atoms with van der Waals surface area (Å²) in [5.74, 6) is -0.0273. The molecule has 8 aromatic carbocycles. The van der Waals surface area contributed by atoms with Crippen LogP contribution in [0.25, 0.3) is 0 Å². The van der Waals surface area contributed by atoms with Gasteiger partial charge in [0.15, 0.2) is 0 Å². The van der Waals surface area contributed by atoms with Crippen molar-refractivity contribution >= 4 is 91.4 Å². The summed E-state index contributed by atoms with van der Waals surface area (Å²) < 4.78 is 0. The molecule has 2 amide bonds. The molecule has 66 heavy (non-hydrogen) atoms. The fourth-order valence-corrected chi connectivity index (χ4v) is 7.24. The van der Waals surface area contributed by atoms with Gasteiger partial charge in [-0.1, -0.05) is 49.2 Å². The molecule has 0 heterocycles. The Bertz CT molecular complexity index is 2540. The lowest BCUT2D eigenvalue weighted by molar-refractivity contribution is -0.117. The van der Waals surface area contributed by atoms with E-state index in [-0.39, 0.29) is 11.8 Å². The molecule has 0 saturated carbocycles. The molecule has 10 heteroatoms. The van der Waals surface area contributed by atoms with Gasteiger partial charge in [-0.2, -0.15) is 0 Å². The molecule has 0 bridgehead atoms. The van der Waals surface area contributed by atoms with E-state index in [2.05, 4.69) is 91.1 Å². The van der Waals surface area contributed by atoms with Crippen molar-refractivity contribution < 1.29 is 9.59 Å². The third kappa shape index (κ3) is 14.0. The van der Waals surface area contributed by atoms with Gasteiger partial charge in [0.05, 0.1) is 0 Å². The van der Waals surface area contributed by atoms with Crippen LogP contribution >= 0.6 is 0 Å². The zero-order chi connectivity index (χ0) is 45.2. The molecule has 10 nitrogen and oxygen atoms in total. The number of carbonyl (C=O) groups is 2. The Morgan fingerprint density at radius 3 is 0.621 bits per heavy atom. The lowest BCUT2D eigenvalue weighted by atomic mass is 10.1. The molecule has 0 aliphatic rings. The largest absolute Gasteiger partial charge is 0.356 e. The number of anilines is 14. The molecule has 0 atom stereocenters. The van der Waals surface area contributed by atoms with Crippen molar-refractivity contribution in [3.63, 3.8) is 0 Å². The van der Waals surface area contributed by atoms with Gasteiger partial charge in [0.1, 0.15) is 0 Å². The van der Waals surface area contributed by atoms with Gasteiger partial charge < -0.3 is 42.5 Å². The van der Waals surface area contributed by atoms with Crippen molar-refractivity contribution in [1.29, 1.82) is 0 Å². The van der Waals surface area contributed by atoms with Crippen molar-refractivity contribution in [1.82, 2.24) is 0 Å². The number of rotatable bonds is 21. The third-order valence-corrected chi connectivity index (χ3v) is 10.7.